The van der Waals surface area contributed by atoms with Crippen molar-refractivity contribution in [1.82, 2.24) is 9.13 Å². The van der Waals surface area contributed by atoms with Gasteiger partial charge in [-0.05, 0) is 76.9 Å². The molecule has 3 heterocycles. The van der Waals surface area contributed by atoms with Gasteiger partial charge in [-0.15, -0.1) is 0 Å². The van der Waals surface area contributed by atoms with Crippen LogP contribution in [0.4, 0.5) is 0 Å². The average molecular weight is 683 g/mol. The highest BCUT2D eigenvalue weighted by Gasteiger charge is 2.40. The van der Waals surface area contributed by atoms with Crippen LogP contribution in [0.15, 0.2) is 188 Å². The second-order valence-electron chi connectivity index (χ2n) is 13.6. The zero-order valence-corrected chi connectivity index (χ0v) is 29.0. The Balaban J connectivity index is 1.11. The van der Waals surface area contributed by atoms with Crippen molar-refractivity contribution in [2.75, 3.05) is 0 Å². The molecule has 0 spiro atoms. The third-order valence-electron chi connectivity index (χ3n) is 10.9. The van der Waals surface area contributed by atoms with Crippen molar-refractivity contribution in [1.29, 1.82) is 0 Å². The summed E-state index contributed by atoms with van der Waals surface area (Å²) in [4.78, 5) is 0. The molecular weight excluding hydrogens is 652 g/mol. The molecule has 0 saturated heterocycles. The lowest BCUT2D eigenvalue weighted by atomic mass is 9.99. The molecule has 1 aliphatic heterocycles. The van der Waals surface area contributed by atoms with Gasteiger partial charge in [-0.1, -0.05) is 133 Å². The van der Waals surface area contributed by atoms with Gasteiger partial charge in [0, 0.05) is 48.8 Å². The largest absolute Gasteiger partial charge is 0.309 e. The molecule has 0 N–H and O–H groups in total. The monoisotopic (exact) mass is 682 g/mol. The zero-order chi connectivity index (χ0) is 34.4. The highest BCUT2D eigenvalue weighted by atomic mass is 31.2. The van der Waals surface area contributed by atoms with Crippen molar-refractivity contribution in [3.63, 3.8) is 0 Å². The van der Waals surface area contributed by atoms with Crippen molar-refractivity contribution in [2.24, 2.45) is 0 Å². The molecule has 11 rings (SSSR count). The Morgan fingerprint density at radius 3 is 1.73 bits per heavy atom. The summed E-state index contributed by atoms with van der Waals surface area (Å²) in [6.45, 7) is 0. The first-order chi connectivity index (χ1) is 25.7. The predicted molar refractivity (Wildman–Crippen MR) is 219 cm³/mol. The van der Waals surface area contributed by atoms with Crippen LogP contribution >= 0.6 is 7.14 Å². The van der Waals surface area contributed by atoms with E-state index in [9.17, 15) is 0 Å². The Morgan fingerprint density at radius 1 is 0.365 bits per heavy atom. The molecule has 2 aromatic heterocycles. The van der Waals surface area contributed by atoms with E-state index in [1.807, 2.05) is 36.4 Å². The molecule has 244 valence electrons. The Labute approximate surface area is 301 Å². The molecular formula is C48H31N2OP. The van der Waals surface area contributed by atoms with Gasteiger partial charge in [-0.25, -0.2) is 0 Å². The van der Waals surface area contributed by atoms with Crippen molar-refractivity contribution in [3.8, 4) is 33.6 Å². The summed E-state index contributed by atoms with van der Waals surface area (Å²) in [5, 5.41) is 7.48. The van der Waals surface area contributed by atoms with Gasteiger partial charge in [0.1, 0.15) is 0 Å². The van der Waals surface area contributed by atoms with Crippen molar-refractivity contribution in [2.45, 2.75) is 0 Å². The Morgan fingerprint density at radius 2 is 0.942 bits per heavy atom. The smallest absolute Gasteiger partial charge is 0.172 e. The molecule has 0 saturated carbocycles. The fourth-order valence-electron chi connectivity index (χ4n) is 8.69. The summed E-state index contributed by atoms with van der Waals surface area (Å²) in [6, 6.07) is 66.3. The van der Waals surface area contributed by atoms with Crippen LogP contribution in [-0.4, -0.2) is 9.13 Å². The molecule has 1 aliphatic rings. The van der Waals surface area contributed by atoms with E-state index in [0.29, 0.717) is 0 Å². The molecule has 0 radical (unpaired) electrons. The third kappa shape index (κ3) is 4.00. The first-order valence-corrected chi connectivity index (χ1v) is 19.4. The summed E-state index contributed by atoms with van der Waals surface area (Å²) < 4.78 is 20.1. The number of nitrogens with zero attached hydrogens (tertiary/aromatic N) is 2. The standard InChI is InChI=1S/C48H31N2OP/c51-52(35-16-5-2-6-17-35)46-25-12-9-19-38(46)41-30-45-40(31-47(41)52)37-18-7-10-22-42(37)50(45)34-28-26-32(27-29-34)36-21-13-24-44-48(36)39-20-8-11-23-43(39)49(44)33-14-3-1-4-15-33/h1-31H. The Bertz CT molecular complexity index is 3080. The number of hydrogen-bond donors (Lipinski definition) is 0. The highest BCUT2D eigenvalue weighted by Crippen LogP contribution is 2.53. The van der Waals surface area contributed by atoms with Crippen LogP contribution in [0.3, 0.4) is 0 Å². The van der Waals surface area contributed by atoms with E-state index in [-0.39, 0.29) is 0 Å². The van der Waals surface area contributed by atoms with Crippen LogP contribution < -0.4 is 15.9 Å². The fraction of sp³-hybridized carbons (Fsp3) is 0. The molecule has 52 heavy (non-hydrogen) atoms. The minimum Gasteiger partial charge on any atom is -0.309 e. The summed E-state index contributed by atoms with van der Waals surface area (Å²) >= 11 is 0. The number of benzene rings is 8. The Kier molecular flexibility index (Phi) is 6.23. The Hall–Kier alpha value is -6.41. The lowest BCUT2D eigenvalue weighted by Crippen LogP contribution is -2.20. The van der Waals surface area contributed by atoms with Crippen molar-refractivity contribution >= 4 is 66.7 Å². The van der Waals surface area contributed by atoms with E-state index in [4.69, 9.17) is 0 Å². The summed E-state index contributed by atoms with van der Waals surface area (Å²) in [5.74, 6) is 0. The van der Waals surface area contributed by atoms with Crippen LogP contribution in [0, 0.1) is 0 Å². The van der Waals surface area contributed by atoms with Crippen LogP contribution in [0.25, 0.3) is 77.2 Å². The van der Waals surface area contributed by atoms with E-state index >= 15 is 4.57 Å². The molecule has 8 aromatic carbocycles. The molecule has 4 heteroatoms. The van der Waals surface area contributed by atoms with Crippen LogP contribution in [0.2, 0.25) is 0 Å². The molecule has 0 aliphatic carbocycles. The molecule has 10 aromatic rings. The SMILES string of the molecule is O=P1(c2ccccc2)c2ccccc2-c2cc3c(cc21)c1ccccc1n3-c1ccc(-c2cccc3c2c2ccccc2n3-c2ccccc2)cc1. The maximum atomic E-state index is 15.3. The van der Waals surface area contributed by atoms with Crippen molar-refractivity contribution < 1.29 is 4.57 Å². The number of rotatable bonds is 4. The van der Waals surface area contributed by atoms with Gasteiger partial charge in [-0.2, -0.15) is 0 Å². The van der Waals surface area contributed by atoms with Crippen LogP contribution in [0.1, 0.15) is 0 Å². The fourth-order valence-corrected chi connectivity index (χ4v) is 11.8. The molecule has 1 unspecified atom stereocenters. The number of hydrogen-bond acceptors (Lipinski definition) is 1. The van der Waals surface area contributed by atoms with Gasteiger partial charge in [0.2, 0.25) is 0 Å². The maximum Gasteiger partial charge on any atom is 0.172 e. The van der Waals surface area contributed by atoms with Gasteiger partial charge >= 0.3 is 0 Å². The zero-order valence-electron chi connectivity index (χ0n) is 28.1. The van der Waals surface area contributed by atoms with Gasteiger partial charge in [0.25, 0.3) is 0 Å². The van der Waals surface area contributed by atoms with Gasteiger partial charge in [0.15, 0.2) is 7.14 Å². The van der Waals surface area contributed by atoms with E-state index in [0.717, 1.165) is 60.2 Å². The van der Waals surface area contributed by atoms with Crippen LogP contribution in [-0.2, 0) is 4.57 Å². The van der Waals surface area contributed by atoms with Crippen molar-refractivity contribution in [3.05, 3.63) is 188 Å². The van der Waals surface area contributed by atoms with Gasteiger partial charge in [-0.3, -0.25) is 0 Å². The molecule has 0 bridgehead atoms. The number of para-hydroxylation sites is 3. The third-order valence-corrected chi connectivity index (χ3v) is 14.1. The first-order valence-electron chi connectivity index (χ1n) is 17.7. The predicted octanol–water partition coefficient (Wildman–Crippen LogP) is 11.2. The highest BCUT2D eigenvalue weighted by molar-refractivity contribution is 7.86. The summed E-state index contributed by atoms with van der Waals surface area (Å²) in [6.07, 6.45) is 0. The quantitative estimate of drug-likeness (QED) is 0.170. The second kappa shape index (κ2) is 11.0. The van der Waals surface area contributed by atoms with Crippen LogP contribution in [0.5, 0.6) is 0 Å². The molecule has 1 atom stereocenters. The lowest BCUT2D eigenvalue weighted by Gasteiger charge is -2.16. The maximum absolute atomic E-state index is 15.3. The first kappa shape index (κ1) is 29.3. The van der Waals surface area contributed by atoms with E-state index in [1.165, 1.54) is 32.9 Å². The topological polar surface area (TPSA) is 26.9 Å². The molecule has 3 nitrogen and oxygen atoms in total. The van der Waals surface area contributed by atoms with Gasteiger partial charge < -0.3 is 13.7 Å². The number of fused-ring (bicyclic) bond motifs is 9. The average Bonchev–Trinajstić information content (AvgIpc) is 3.82. The second-order valence-corrected chi connectivity index (χ2v) is 16.3. The minimum atomic E-state index is -3.06. The van der Waals surface area contributed by atoms with E-state index in [1.54, 1.807) is 0 Å². The normalized spacial score (nSPS) is 15.1. The lowest BCUT2D eigenvalue weighted by molar-refractivity contribution is 0.593. The number of aromatic nitrogens is 2. The molecule has 0 amide bonds. The van der Waals surface area contributed by atoms with E-state index < -0.39 is 7.14 Å². The molecule has 0 fully saturated rings. The minimum absolute atomic E-state index is 0.877. The van der Waals surface area contributed by atoms with E-state index in [2.05, 4.69) is 161 Å². The van der Waals surface area contributed by atoms with Gasteiger partial charge in [0.05, 0.1) is 22.1 Å². The summed E-state index contributed by atoms with van der Waals surface area (Å²) in [7, 11) is -3.06. The summed E-state index contributed by atoms with van der Waals surface area (Å²) in [5.41, 5.74) is 11.4.